The van der Waals surface area contributed by atoms with E-state index in [1.54, 1.807) is 0 Å². The van der Waals surface area contributed by atoms with Crippen LogP contribution >= 0.6 is 11.3 Å². The minimum absolute atomic E-state index is 0.0548. The Bertz CT molecular complexity index is 867. The van der Waals surface area contributed by atoms with Gasteiger partial charge in [0.2, 0.25) is 0 Å². The third-order valence-electron chi connectivity index (χ3n) is 5.58. The fraction of sp³-hybridized carbons (Fsp3) is 0.667. The van der Waals surface area contributed by atoms with Crippen LogP contribution in [0.3, 0.4) is 0 Å². The first-order chi connectivity index (χ1) is 13.1. The Kier molecular flexibility index (Phi) is 4.16. The normalized spacial score (nSPS) is 22.8. The van der Waals surface area contributed by atoms with E-state index in [4.69, 9.17) is 9.72 Å². The number of aromatic nitrogens is 4. The Morgan fingerprint density at radius 2 is 1.93 bits per heavy atom. The van der Waals surface area contributed by atoms with E-state index in [1.807, 2.05) is 23.4 Å². The van der Waals surface area contributed by atoms with Crippen LogP contribution in [-0.2, 0) is 11.3 Å². The quantitative estimate of drug-likeness (QED) is 0.800. The number of fused-ring (bicyclic) bond motifs is 1. The van der Waals surface area contributed by atoms with Gasteiger partial charge in [0.1, 0.15) is 10.7 Å². The highest BCUT2D eigenvalue weighted by Crippen LogP contribution is 2.39. The van der Waals surface area contributed by atoms with Crippen LogP contribution in [0.25, 0.3) is 0 Å². The van der Waals surface area contributed by atoms with E-state index < -0.39 is 0 Å². The van der Waals surface area contributed by atoms with E-state index in [0.29, 0.717) is 32.2 Å². The predicted octanol–water partition coefficient (Wildman–Crippen LogP) is 1.97. The number of hydrogen-bond donors (Lipinski definition) is 0. The highest BCUT2D eigenvalue weighted by molar-refractivity contribution is 7.17. The van der Waals surface area contributed by atoms with Crippen LogP contribution in [0, 0.1) is 6.92 Å². The van der Waals surface area contributed by atoms with Crippen LogP contribution in [0.15, 0.2) is 0 Å². The largest absolute Gasteiger partial charge is 0.378 e. The predicted molar refractivity (Wildman–Crippen MR) is 101 cm³/mol. The molecule has 5 rings (SSSR count). The summed E-state index contributed by atoms with van der Waals surface area (Å²) in [5.74, 6) is 2.44. The lowest BCUT2D eigenvalue weighted by Gasteiger charge is -2.32. The molecule has 1 atom stereocenters. The fourth-order valence-corrected chi connectivity index (χ4v) is 4.85. The number of aryl methyl sites for hydroxylation is 1. The zero-order chi connectivity index (χ0) is 18.5. The highest BCUT2D eigenvalue weighted by Gasteiger charge is 2.36. The van der Waals surface area contributed by atoms with Gasteiger partial charge in [0.25, 0.3) is 5.91 Å². The van der Waals surface area contributed by atoms with Crippen molar-refractivity contribution in [3.8, 4) is 0 Å². The van der Waals surface area contributed by atoms with Crippen molar-refractivity contribution < 1.29 is 9.53 Å². The molecule has 144 valence electrons. The van der Waals surface area contributed by atoms with Crippen molar-refractivity contribution in [2.45, 2.75) is 45.2 Å². The van der Waals surface area contributed by atoms with Gasteiger partial charge in [0.15, 0.2) is 11.0 Å². The zero-order valence-electron chi connectivity index (χ0n) is 15.7. The molecule has 0 bridgehead atoms. The fourth-order valence-electron chi connectivity index (χ4n) is 3.77. The van der Waals surface area contributed by atoms with E-state index >= 15 is 0 Å². The number of rotatable bonds is 3. The second-order valence-electron chi connectivity index (χ2n) is 7.51. The first-order valence-electron chi connectivity index (χ1n) is 9.67. The van der Waals surface area contributed by atoms with Crippen molar-refractivity contribution >= 4 is 22.4 Å². The molecule has 0 unspecified atom stereocenters. The lowest BCUT2D eigenvalue weighted by molar-refractivity contribution is 0.0635. The van der Waals surface area contributed by atoms with Crippen molar-refractivity contribution in [2.24, 2.45) is 0 Å². The molecule has 4 heterocycles. The van der Waals surface area contributed by atoms with Gasteiger partial charge >= 0.3 is 0 Å². The lowest BCUT2D eigenvalue weighted by Crippen LogP contribution is -2.41. The molecular formula is C18H24N6O2S. The summed E-state index contributed by atoms with van der Waals surface area (Å²) in [6.07, 6.45) is 2.37. The number of morpholine rings is 1. The first kappa shape index (κ1) is 17.1. The van der Waals surface area contributed by atoms with Gasteiger partial charge in [-0.3, -0.25) is 4.79 Å². The summed E-state index contributed by atoms with van der Waals surface area (Å²) in [6.45, 7) is 8.42. The number of ether oxygens (including phenoxy) is 1. The van der Waals surface area contributed by atoms with Gasteiger partial charge in [-0.25, -0.2) is 14.6 Å². The molecular weight excluding hydrogens is 364 g/mol. The van der Waals surface area contributed by atoms with Crippen molar-refractivity contribution in [3.63, 3.8) is 0 Å². The van der Waals surface area contributed by atoms with Gasteiger partial charge in [0.05, 0.1) is 31.5 Å². The van der Waals surface area contributed by atoms with E-state index in [2.05, 4.69) is 15.0 Å². The summed E-state index contributed by atoms with van der Waals surface area (Å²) >= 11 is 1.50. The maximum Gasteiger partial charge on any atom is 0.266 e. The molecule has 1 amide bonds. The molecule has 3 aliphatic rings. The third kappa shape index (κ3) is 3.02. The molecule has 1 saturated carbocycles. The number of amides is 1. The van der Waals surface area contributed by atoms with Crippen LogP contribution in [0.4, 0.5) is 5.13 Å². The van der Waals surface area contributed by atoms with Gasteiger partial charge in [-0.1, -0.05) is 11.3 Å². The Hall–Kier alpha value is -2.00. The number of hydrogen-bond acceptors (Lipinski definition) is 7. The van der Waals surface area contributed by atoms with Gasteiger partial charge in [-0.05, 0) is 26.7 Å². The van der Waals surface area contributed by atoms with Gasteiger partial charge in [0, 0.05) is 25.6 Å². The zero-order valence-corrected chi connectivity index (χ0v) is 16.5. The van der Waals surface area contributed by atoms with Crippen LogP contribution in [0.5, 0.6) is 0 Å². The number of anilines is 1. The molecule has 2 aliphatic heterocycles. The minimum Gasteiger partial charge on any atom is -0.378 e. The van der Waals surface area contributed by atoms with Crippen LogP contribution in [0.1, 0.15) is 58.7 Å². The number of carbonyl (C=O) groups is 1. The van der Waals surface area contributed by atoms with E-state index in [9.17, 15) is 4.79 Å². The van der Waals surface area contributed by atoms with Gasteiger partial charge in [-0.15, -0.1) is 0 Å². The topological polar surface area (TPSA) is 76.4 Å². The summed E-state index contributed by atoms with van der Waals surface area (Å²) in [7, 11) is 0. The summed E-state index contributed by atoms with van der Waals surface area (Å²) in [6, 6.07) is -0.0698. The number of thiazole rings is 1. The Labute approximate surface area is 162 Å². The molecule has 0 spiro atoms. The first-order valence-corrected chi connectivity index (χ1v) is 10.5. The average molecular weight is 388 g/mol. The molecule has 0 radical (unpaired) electrons. The van der Waals surface area contributed by atoms with Gasteiger partial charge in [-0.2, -0.15) is 5.10 Å². The number of carbonyl (C=O) groups excluding carboxylic acids is 1. The van der Waals surface area contributed by atoms with Crippen molar-refractivity contribution in [1.29, 1.82) is 0 Å². The summed E-state index contributed by atoms with van der Waals surface area (Å²) in [4.78, 5) is 27.6. The van der Waals surface area contributed by atoms with Gasteiger partial charge < -0.3 is 14.5 Å². The van der Waals surface area contributed by atoms with E-state index in [0.717, 1.165) is 40.4 Å². The Morgan fingerprint density at radius 1 is 1.15 bits per heavy atom. The molecule has 2 aromatic rings. The molecule has 1 saturated heterocycles. The third-order valence-corrected chi connectivity index (χ3v) is 6.78. The summed E-state index contributed by atoms with van der Waals surface area (Å²) in [5.41, 5.74) is 0.810. The van der Waals surface area contributed by atoms with Crippen molar-refractivity contribution in [2.75, 3.05) is 37.7 Å². The highest BCUT2D eigenvalue weighted by atomic mass is 32.1. The van der Waals surface area contributed by atoms with Crippen molar-refractivity contribution in [1.82, 2.24) is 24.6 Å². The molecule has 27 heavy (non-hydrogen) atoms. The van der Waals surface area contributed by atoms with E-state index in [1.165, 1.54) is 24.2 Å². The number of nitrogens with zero attached hydrogens (tertiary/aromatic N) is 6. The standard InChI is InChI=1S/C18H24N6O2S/c1-11-14(27-18(19-11)22-7-9-26-10-8-22)17(25)23-5-6-24-16(12(23)2)20-15(21-24)13-3-4-13/h12-13H,3-10H2,1-2H3/t12-/m1/s1. The molecule has 9 heteroatoms. The molecule has 0 aromatic carbocycles. The van der Waals surface area contributed by atoms with E-state index in [-0.39, 0.29) is 11.9 Å². The average Bonchev–Trinajstić information content (AvgIpc) is 3.32. The summed E-state index contributed by atoms with van der Waals surface area (Å²) in [5, 5.41) is 5.57. The lowest BCUT2D eigenvalue weighted by atomic mass is 10.2. The van der Waals surface area contributed by atoms with Crippen LogP contribution < -0.4 is 4.90 Å². The molecule has 1 aliphatic carbocycles. The Morgan fingerprint density at radius 3 is 2.67 bits per heavy atom. The SMILES string of the molecule is Cc1nc(N2CCOCC2)sc1C(=O)N1CCn2nc(C3CC3)nc2[C@H]1C. The summed E-state index contributed by atoms with van der Waals surface area (Å²) < 4.78 is 7.40. The molecule has 2 fully saturated rings. The molecule has 8 nitrogen and oxygen atoms in total. The minimum atomic E-state index is -0.0698. The smallest absolute Gasteiger partial charge is 0.266 e. The second kappa shape index (κ2) is 6.56. The molecule has 2 aromatic heterocycles. The Balaban J connectivity index is 1.38. The maximum absolute atomic E-state index is 13.3. The monoisotopic (exact) mass is 388 g/mol. The van der Waals surface area contributed by atoms with Crippen LogP contribution in [0.2, 0.25) is 0 Å². The van der Waals surface area contributed by atoms with Crippen molar-refractivity contribution in [3.05, 3.63) is 22.2 Å². The van der Waals surface area contributed by atoms with Crippen LogP contribution in [-0.4, -0.2) is 63.4 Å². The molecule has 0 N–H and O–H groups in total. The second-order valence-corrected chi connectivity index (χ2v) is 8.49. The maximum atomic E-state index is 13.3.